The smallest absolute Gasteiger partial charge is 0.248 e. The predicted octanol–water partition coefficient (Wildman–Crippen LogP) is 4.19. The van der Waals surface area contributed by atoms with Crippen molar-refractivity contribution in [3.63, 3.8) is 0 Å². The number of likely N-dealkylation sites (tertiary alicyclic amines) is 1. The van der Waals surface area contributed by atoms with Crippen molar-refractivity contribution in [3.8, 4) is 17.0 Å². The summed E-state index contributed by atoms with van der Waals surface area (Å²) in [7, 11) is 1.65. The standard InChI is InChI=1S/C27H29N3O3/c1-33-23-13-10-19(11-14-23)12-15-26(31)30-16-4-7-22(18-30)25-9-3-8-24(29-25)20-5-2-6-21(17-20)27(28)32/h2-3,5-6,8-11,13-14,17,22H,4,7,12,15-16,18H2,1H3,(H2,28,32)/t22-/m1/s1. The average Bonchev–Trinajstić information content (AvgIpc) is 2.87. The Bertz CT molecular complexity index is 1130. The Morgan fingerprint density at radius 2 is 1.88 bits per heavy atom. The molecule has 2 aromatic carbocycles. The van der Waals surface area contributed by atoms with Crippen molar-refractivity contribution in [2.24, 2.45) is 5.73 Å². The SMILES string of the molecule is COc1ccc(CCC(=O)N2CCC[C@@H](c3cccc(-c4cccc(C(N)=O)c4)n3)C2)cc1. The summed E-state index contributed by atoms with van der Waals surface area (Å²) in [5.41, 5.74) is 9.66. The van der Waals surface area contributed by atoms with E-state index in [0.717, 1.165) is 47.7 Å². The summed E-state index contributed by atoms with van der Waals surface area (Å²) in [6, 6.07) is 21.0. The second kappa shape index (κ2) is 10.3. The van der Waals surface area contributed by atoms with Crippen molar-refractivity contribution < 1.29 is 14.3 Å². The van der Waals surface area contributed by atoms with Crippen LogP contribution in [-0.4, -0.2) is 41.9 Å². The molecule has 0 bridgehead atoms. The Balaban J connectivity index is 1.41. The molecule has 0 aliphatic carbocycles. The molecule has 0 unspecified atom stereocenters. The van der Waals surface area contributed by atoms with Gasteiger partial charge in [-0.3, -0.25) is 14.6 Å². The number of piperidine rings is 1. The Morgan fingerprint density at radius 1 is 1.09 bits per heavy atom. The molecule has 1 atom stereocenters. The van der Waals surface area contributed by atoms with Crippen molar-refractivity contribution in [2.75, 3.05) is 20.2 Å². The van der Waals surface area contributed by atoms with Crippen molar-refractivity contribution in [2.45, 2.75) is 31.6 Å². The molecule has 6 heteroatoms. The van der Waals surface area contributed by atoms with E-state index < -0.39 is 5.91 Å². The van der Waals surface area contributed by atoms with Crippen molar-refractivity contribution in [1.29, 1.82) is 0 Å². The molecule has 2 amide bonds. The van der Waals surface area contributed by atoms with Crippen LogP contribution in [-0.2, 0) is 11.2 Å². The normalized spacial score (nSPS) is 15.8. The van der Waals surface area contributed by atoms with Gasteiger partial charge in [-0.25, -0.2) is 0 Å². The minimum atomic E-state index is -0.455. The number of rotatable bonds is 7. The minimum Gasteiger partial charge on any atom is -0.497 e. The van der Waals surface area contributed by atoms with E-state index in [4.69, 9.17) is 15.5 Å². The zero-order valence-electron chi connectivity index (χ0n) is 18.9. The number of primary amides is 1. The Hall–Kier alpha value is -3.67. The van der Waals surface area contributed by atoms with E-state index in [1.54, 1.807) is 19.2 Å². The fraction of sp³-hybridized carbons (Fsp3) is 0.296. The fourth-order valence-electron chi connectivity index (χ4n) is 4.32. The van der Waals surface area contributed by atoms with Crippen LogP contribution in [0.25, 0.3) is 11.3 Å². The number of hydrogen-bond acceptors (Lipinski definition) is 4. The number of carbonyl (C=O) groups is 2. The highest BCUT2D eigenvalue weighted by molar-refractivity contribution is 5.94. The fourth-order valence-corrected chi connectivity index (χ4v) is 4.32. The van der Waals surface area contributed by atoms with Crippen LogP contribution in [0.15, 0.2) is 66.7 Å². The van der Waals surface area contributed by atoms with Gasteiger partial charge >= 0.3 is 0 Å². The van der Waals surface area contributed by atoms with E-state index in [1.807, 2.05) is 59.5 Å². The third-order valence-corrected chi connectivity index (χ3v) is 6.19. The van der Waals surface area contributed by atoms with Gasteiger partial charge < -0.3 is 15.4 Å². The molecule has 0 spiro atoms. The number of nitrogens with zero attached hydrogens (tertiary/aromatic N) is 2. The summed E-state index contributed by atoms with van der Waals surface area (Å²) in [6.45, 7) is 1.47. The van der Waals surface area contributed by atoms with E-state index in [-0.39, 0.29) is 11.8 Å². The largest absolute Gasteiger partial charge is 0.497 e. The Labute approximate surface area is 194 Å². The van der Waals surface area contributed by atoms with Crippen LogP contribution >= 0.6 is 0 Å². The third-order valence-electron chi connectivity index (χ3n) is 6.19. The molecule has 1 fully saturated rings. The molecule has 6 nitrogen and oxygen atoms in total. The molecule has 1 aromatic heterocycles. The van der Waals surface area contributed by atoms with E-state index in [1.165, 1.54) is 0 Å². The Morgan fingerprint density at radius 3 is 2.64 bits per heavy atom. The maximum atomic E-state index is 12.9. The summed E-state index contributed by atoms with van der Waals surface area (Å²) >= 11 is 0. The number of hydrogen-bond donors (Lipinski definition) is 1. The number of benzene rings is 2. The van der Waals surface area contributed by atoms with Gasteiger partial charge in [-0.2, -0.15) is 0 Å². The first kappa shape index (κ1) is 22.5. The number of ether oxygens (including phenoxy) is 1. The number of methoxy groups -OCH3 is 1. The van der Waals surface area contributed by atoms with E-state index in [9.17, 15) is 9.59 Å². The maximum Gasteiger partial charge on any atom is 0.248 e. The molecule has 4 rings (SSSR count). The van der Waals surface area contributed by atoms with Crippen LogP contribution in [0, 0.1) is 0 Å². The molecule has 0 radical (unpaired) electrons. The maximum absolute atomic E-state index is 12.9. The summed E-state index contributed by atoms with van der Waals surface area (Å²) in [6.07, 6.45) is 3.17. The lowest BCUT2D eigenvalue weighted by molar-refractivity contribution is -0.132. The summed E-state index contributed by atoms with van der Waals surface area (Å²) < 4.78 is 5.19. The monoisotopic (exact) mass is 443 g/mol. The highest BCUT2D eigenvalue weighted by Crippen LogP contribution is 2.28. The zero-order valence-corrected chi connectivity index (χ0v) is 18.9. The number of pyridine rings is 1. The van der Waals surface area contributed by atoms with Gasteiger partial charge in [0.05, 0.1) is 12.8 Å². The van der Waals surface area contributed by atoms with Crippen LogP contribution in [0.5, 0.6) is 5.75 Å². The molecule has 3 aromatic rings. The van der Waals surface area contributed by atoms with Gasteiger partial charge in [-0.15, -0.1) is 0 Å². The second-order valence-corrected chi connectivity index (χ2v) is 8.42. The minimum absolute atomic E-state index is 0.181. The summed E-state index contributed by atoms with van der Waals surface area (Å²) in [5.74, 6) is 0.743. The number of aryl methyl sites for hydroxylation is 1. The number of carbonyl (C=O) groups excluding carboxylic acids is 2. The van der Waals surface area contributed by atoms with Gasteiger partial charge in [0.15, 0.2) is 0 Å². The first-order valence-corrected chi connectivity index (χ1v) is 11.3. The van der Waals surface area contributed by atoms with Gasteiger partial charge in [0.1, 0.15) is 5.75 Å². The molecular formula is C27H29N3O3. The quantitative estimate of drug-likeness (QED) is 0.593. The van der Waals surface area contributed by atoms with Gasteiger partial charge in [0.2, 0.25) is 11.8 Å². The number of aromatic nitrogens is 1. The number of amides is 2. The van der Waals surface area contributed by atoms with Gasteiger partial charge in [0, 0.05) is 42.2 Å². The molecular weight excluding hydrogens is 414 g/mol. The molecule has 2 N–H and O–H groups in total. The predicted molar refractivity (Wildman–Crippen MR) is 128 cm³/mol. The topological polar surface area (TPSA) is 85.5 Å². The van der Waals surface area contributed by atoms with E-state index in [0.29, 0.717) is 24.9 Å². The molecule has 1 aliphatic rings. The average molecular weight is 444 g/mol. The first-order chi connectivity index (χ1) is 16.0. The third kappa shape index (κ3) is 5.58. The number of nitrogens with two attached hydrogens (primary N) is 1. The molecule has 170 valence electrons. The van der Waals surface area contributed by atoms with Crippen molar-refractivity contribution in [1.82, 2.24) is 9.88 Å². The van der Waals surface area contributed by atoms with Crippen LogP contribution < -0.4 is 10.5 Å². The molecule has 1 saturated heterocycles. The molecule has 33 heavy (non-hydrogen) atoms. The van der Waals surface area contributed by atoms with Crippen molar-refractivity contribution >= 4 is 11.8 Å². The van der Waals surface area contributed by atoms with Crippen LogP contribution in [0.2, 0.25) is 0 Å². The lowest BCUT2D eigenvalue weighted by Gasteiger charge is -2.32. The van der Waals surface area contributed by atoms with Crippen molar-refractivity contribution in [3.05, 3.63) is 83.6 Å². The Kier molecular flexibility index (Phi) is 7.03. The lowest BCUT2D eigenvalue weighted by Crippen LogP contribution is -2.39. The van der Waals surface area contributed by atoms with Gasteiger partial charge in [-0.1, -0.05) is 30.3 Å². The molecule has 1 aliphatic heterocycles. The molecule has 0 saturated carbocycles. The van der Waals surface area contributed by atoms with Gasteiger partial charge in [-0.05, 0) is 61.2 Å². The van der Waals surface area contributed by atoms with Crippen LogP contribution in [0.3, 0.4) is 0 Å². The van der Waals surface area contributed by atoms with E-state index >= 15 is 0 Å². The molecule has 2 heterocycles. The van der Waals surface area contributed by atoms with E-state index in [2.05, 4.69) is 0 Å². The second-order valence-electron chi connectivity index (χ2n) is 8.42. The van der Waals surface area contributed by atoms with Gasteiger partial charge in [0.25, 0.3) is 0 Å². The summed E-state index contributed by atoms with van der Waals surface area (Å²) in [4.78, 5) is 31.3. The highest BCUT2D eigenvalue weighted by atomic mass is 16.5. The summed E-state index contributed by atoms with van der Waals surface area (Å²) in [5, 5.41) is 0. The van der Waals surface area contributed by atoms with Crippen LogP contribution in [0.1, 0.15) is 46.8 Å². The zero-order chi connectivity index (χ0) is 23.2. The first-order valence-electron chi connectivity index (χ1n) is 11.3. The lowest BCUT2D eigenvalue weighted by atomic mass is 9.93. The highest BCUT2D eigenvalue weighted by Gasteiger charge is 2.25. The van der Waals surface area contributed by atoms with Crippen LogP contribution in [0.4, 0.5) is 0 Å².